The third-order valence-electron chi connectivity index (χ3n) is 5.62. The molecule has 1 atom stereocenters. The molecule has 2 saturated heterocycles. The van der Waals surface area contributed by atoms with Crippen LogP contribution in [0.2, 0.25) is 0 Å². The van der Waals surface area contributed by atoms with Crippen molar-refractivity contribution in [3.8, 4) is 0 Å². The summed E-state index contributed by atoms with van der Waals surface area (Å²) in [4.78, 5) is 23.9. The normalized spacial score (nSPS) is 22.0. The summed E-state index contributed by atoms with van der Waals surface area (Å²) in [7, 11) is -3.33. The molecule has 2 aromatic rings. The van der Waals surface area contributed by atoms with Gasteiger partial charge in [0.2, 0.25) is 0 Å². The van der Waals surface area contributed by atoms with E-state index in [2.05, 4.69) is 15.5 Å². The summed E-state index contributed by atoms with van der Waals surface area (Å²) in [6, 6.07) is 6.14. The van der Waals surface area contributed by atoms with Crippen LogP contribution >= 0.6 is 11.3 Å². The Hall–Kier alpha value is -2.38. The number of benzene rings is 1. The molecular weight excluding hydrogens is 482 g/mol. The van der Waals surface area contributed by atoms with Gasteiger partial charge in [0, 0.05) is 18.2 Å². The molecule has 34 heavy (non-hydrogen) atoms. The van der Waals surface area contributed by atoms with Crippen LogP contribution in [0.5, 0.6) is 0 Å². The van der Waals surface area contributed by atoms with Crippen molar-refractivity contribution in [2.75, 3.05) is 31.7 Å². The van der Waals surface area contributed by atoms with Crippen LogP contribution in [0.15, 0.2) is 40.5 Å². The van der Waals surface area contributed by atoms with E-state index >= 15 is 0 Å². The van der Waals surface area contributed by atoms with Gasteiger partial charge in [-0.2, -0.15) is 0 Å². The smallest absolute Gasteiger partial charge is 0.280 e. The Morgan fingerprint density at radius 2 is 1.88 bits per heavy atom. The zero-order valence-corrected chi connectivity index (χ0v) is 20.0. The fourth-order valence-electron chi connectivity index (χ4n) is 3.58. The average Bonchev–Trinajstić information content (AvgIpc) is 3.41. The number of amides is 1. The van der Waals surface area contributed by atoms with Crippen LogP contribution in [-0.4, -0.2) is 62.8 Å². The van der Waals surface area contributed by atoms with Crippen molar-refractivity contribution in [2.24, 2.45) is 5.16 Å². The Morgan fingerprint density at radius 1 is 1.12 bits per heavy atom. The minimum Gasteiger partial charge on any atom is -0.389 e. The quantitative estimate of drug-likeness (QED) is 0.427. The minimum atomic E-state index is -3.33. The van der Waals surface area contributed by atoms with E-state index in [9.17, 15) is 13.2 Å². The second-order valence-corrected chi connectivity index (χ2v) is 11.5. The lowest BCUT2D eigenvalue weighted by Gasteiger charge is -2.21. The van der Waals surface area contributed by atoms with E-state index in [0.717, 1.165) is 11.3 Å². The molecular formula is C22H25N3O7S2. The van der Waals surface area contributed by atoms with Crippen molar-refractivity contribution in [2.45, 2.75) is 48.2 Å². The number of ether oxygens (including phenoxy) is 3. The molecule has 10 nitrogen and oxygen atoms in total. The Kier molecular flexibility index (Phi) is 6.93. The van der Waals surface area contributed by atoms with Gasteiger partial charge in [-0.25, -0.2) is 13.4 Å². The molecule has 0 radical (unpaired) electrons. The summed E-state index contributed by atoms with van der Waals surface area (Å²) in [6.45, 7) is 2.18. The molecule has 0 bridgehead atoms. The van der Waals surface area contributed by atoms with Gasteiger partial charge < -0.3 is 19.0 Å². The van der Waals surface area contributed by atoms with Crippen molar-refractivity contribution in [3.05, 3.63) is 40.9 Å². The molecule has 1 N–H and O–H groups in total. The van der Waals surface area contributed by atoms with Crippen LogP contribution in [0, 0.1) is 0 Å². The zero-order valence-electron chi connectivity index (χ0n) is 18.3. The number of hydrogen-bond acceptors (Lipinski definition) is 10. The number of oxime groups is 1. The van der Waals surface area contributed by atoms with E-state index in [1.54, 1.807) is 18.3 Å². The summed E-state index contributed by atoms with van der Waals surface area (Å²) in [5.41, 5.74) is 0.450. The summed E-state index contributed by atoms with van der Waals surface area (Å²) in [5.74, 6) is -0.525. The zero-order chi connectivity index (χ0) is 23.5. The minimum absolute atomic E-state index is 0.0178. The first-order chi connectivity index (χ1) is 16.5. The second-order valence-electron chi connectivity index (χ2n) is 8.25. The summed E-state index contributed by atoms with van der Waals surface area (Å²) in [5, 5.41) is 6.91. The van der Waals surface area contributed by atoms with Crippen molar-refractivity contribution in [1.29, 1.82) is 0 Å². The lowest BCUT2D eigenvalue weighted by Crippen LogP contribution is -2.25. The van der Waals surface area contributed by atoms with Crippen LogP contribution in [-0.2, 0) is 33.7 Å². The topological polar surface area (TPSA) is 125 Å². The monoisotopic (exact) mass is 507 g/mol. The van der Waals surface area contributed by atoms with Gasteiger partial charge in [-0.1, -0.05) is 28.6 Å². The van der Waals surface area contributed by atoms with Crippen LogP contribution < -0.4 is 5.32 Å². The molecule has 1 aromatic heterocycles. The van der Waals surface area contributed by atoms with Gasteiger partial charge >= 0.3 is 0 Å². The molecule has 1 aliphatic carbocycles. The first-order valence-electron chi connectivity index (χ1n) is 11.2. The standard InChI is InChI=1S/C22H25N3O7S2/c26-20(24-22-23-12-18(33-22)21-30-9-1-10-31-21)19(25-32-15-8-11-29-13-15)14-2-4-16(5-3-14)34(27,28)17-6-7-17/h2-5,12,15,17,21H,1,6-11,13H2,(H,23,24,26)/b25-19+/t15-/m1/s1. The van der Waals surface area contributed by atoms with Gasteiger partial charge in [0.25, 0.3) is 5.91 Å². The number of anilines is 1. The lowest BCUT2D eigenvalue weighted by molar-refractivity contribution is -0.181. The van der Waals surface area contributed by atoms with E-state index in [4.69, 9.17) is 19.0 Å². The van der Waals surface area contributed by atoms with E-state index < -0.39 is 22.0 Å². The number of thiazole rings is 1. The molecule has 1 saturated carbocycles. The number of carbonyl (C=O) groups excluding carboxylic acids is 1. The fourth-order valence-corrected chi connectivity index (χ4v) is 6.05. The Labute approximate surface area is 201 Å². The number of hydrogen-bond donors (Lipinski definition) is 1. The molecule has 3 heterocycles. The summed E-state index contributed by atoms with van der Waals surface area (Å²) >= 11 is 1.25. The largest absolute Gasteiger partial charge is 0.389 e. The molecule has 1 aromatic carbocycles. The molecule has 3 fully saturated rings. The number of aromatic nitrogens is 1. The SMILES string of the molecule is O=C(Nc1ncc(C2OCCCO2)s1)/C(=N/O[C@@H]1CCOC1)c1ccc(S(=O)(=O)C2CC2)cc1. The average molecular weight is 508 g/mol. The van der Waals surface area contributed by atoms with Crippen LogP contribution in [0.3, 0.4) is 0 Å². The van der Waals surface area contributed by atoms with Crippen molar-refractivity contribution in [1.82, 2.24) is 4.98 Å². The molecule has 1 amide bonds. The van der Waals surface area contributed by atoms with Gasteiger partial charge in [0.05, 0.1) is 41.5 Å². The maximum atomic E-state index is 13.1. The highest BCUT2D eigenvalue weighted by molar-refractivity contribution is 7.92. The first kappa shape index (κ1) is 23.4. The molecule has 2 aliphatic heterocycles. The third-order valence-corrected chi connectivity index (χ3v) is 8.83. The predicted molar refractivity (Wildman–Crippen MR) is 124 cm³/mol. The van der Waals surface area contributed by atoms with E-state index in [-0.39, 0.29) is 22.0 Å². The van der Waals surface area contributed by atoms with Crippen LogP contribution in [0.1, 0.15) is 42.4 Å². The van der Waals surface area contributed by atoms with Gasteiger partial charge in [-0.3, -0.25) is 10.1 Å². The summed E-state index contributed by atoms with van der Waals surface area (Å²) in [6.07, 6.45) is 3.75. The number of nitrogens with zero attached hydrogens (tertiary/aromatic N) is 2. The molecule has 12 heteroatoms. The maximum absolute atomic E-state index is 13.1. The van der Waals surface area contributed by atoms with E-state index in [1.165, 1.54) is 23.5 Å². The lowest BCUT2D eigenvalue weighted by atomic mass is 10.1. The van der Waals surface area contributed by atoms with Gasteiger partial charge in [0.15, 0.2) is 33.1 Å². The second kappa shape index (κ2) is 10.1. The van der Waals surface area contributed by atoms with Crippen molar-refractivity contribution >= 4 is 37.9 Å². The van der Waals surface area contributed by atoms with Gasteiger partial charge in [-0.05, 0) is 31.4 Å². The van der Waals surface area contributed by atoms with E-state index in [0.29, 0.717) is 56.4 Å². The molecule has 3 aliphatic rings. The first-order valence-corrected chi connectivity index (χ1v) is 13.5. The number of rotatable bonds is 8. The van der Waals surface area contributed by atoms with Gasteiger partial charge in [0.1, 0.15) is 0 Å². The van der Waals surface area contributed by atoms with Crippen LogP contribution in [0.25, 0.3) is 0 Å². The number of carbonyl (C=O) groups is 1. The Bertz CT molecular complexity index is 1150. The highest BCUT2D eigenvalue weighted by Crippen LogP contribution is 2.33. The third kappa shape index (κ3) is 5.31. The summed E-state index contributed by atoms with van der Waals surface area (Å²) < 4.78 is 41.5. The van der Waals surface area contributed by atoms with Gasteiger partial charge in [-0.15, -0.1) is 0 Å². The molecule has 0 spiro atoms. The van der Waals surface area contributed by atoms with Crippen LogP contribution in [0.4, 0.5) is 5.13 Å². The van der Waals surface area contributed by atoms with Crippen molar-refractivity contribution < 1.29 is 32.3 Å². The highest BCUT2D eigenvalue weighted by atomic mass is 32.2. The molecule has 0 unspecified atom stereocenters. The number of sulfone groups is 1. The van der Waals surface area contributed by atoms with Crippen molar-refractivity contribution in [3.63, 3.8) is 0 Å². The Balaban J connectivity index is 1.34. The highest BCUT2D eigenvalue weighted by Gasteiger charge is 2.37. The molecule has 5 rings (SSSR count). The number of nitrogens with one attached hydrogen (secondary N) is 1. The Morgan fingerprint density at radius 3 is 2.56 bits per heavy atom. The fraction of sp³-hybridized carbons (Fsp3) is 0.500. The van der Waals surface area contributed by atoms with E-state index in [1.807, 2.05) is 0 Å². The maximum Gasteiger partial charge on any atom is 0.280 e. The predicted octanol–water partition coefficient (Wildman–Crippen LogP) is 2.66. The molecule has 182 valence electrons.